The summed E-state index contributed by atoms with van der Waals surface area (Å²) in [5.74, 6) is 0.519. The van der Waals surface area contributed by atoms with Crippen LogP contribution in [-0.2, 0) is 9.59 Å². The number of likely N-dealkylation sites (N-methyl/N-ethyl adjacent to an activating group) is 1. The fourth-order valence-electron chi connectivity index (χ4n) is 4.26. The van der Waals surface area contributed by atoms with Crippen LogP contribution in [0.2, 0.25) is 0 Å². The molecule has 2 amide bonds. The second-order valence-electron chi connectivity index (χ2n) is 7.82. The van der Waals surface area contributed by atoms with Crippen molar-refractivity contribution in [2.75, 3.05) is 45.2 Å². The standard InChI is InChI=1S/C23H27N3O3/c1-24-12-13-25(21(16-24)17-6-4-3-5-7-17)23(28)18-14-22(27)26(15-18)19-8-10-20(29-2)11-9-19/h3-11,18,21H,12-16H2,1-2H3/t18-,21+/m1/s1. The summed E-state index contributed by atoms with van der Waals surface area (Å²) in [6.07, 6.45) is 0.263. The second kappa shape index (κ2) is 8.25. The molecule has 0 aromatic heterocycles. The Bertz CT molecular complexity index is 869. The lowest BCUT2D eigenvalue weighted by Gasteiger charge is -2.41. The number of ether oxygens (including phenoxy) is 1. The first kappa shape index (κ1) is 19.5. The molecular formula is C23H27N3O3. The summed E-state index contributed by atoms with van der Waals surface area (Å²) in [5, 5.41) is 0. The molecular weight excluding hydrogens is 366 g/mol. The molecule has 0 spiro atoms. The van der Waals surface area contributed by atoms with Gasteiger partial charge in [0.15, 0.2) is 0 Å². The summed E-state index contributed by atoms with van der Waals surface area (Å²) in [4.78, 5) is 32.0. The minimum absolute atomic E-state index is 0.00101. The minimum atomic E-state index is -0.306. The highest BCUT2D eigenvalue weighted by molar-refractivity contribution is 6.00. The molecule has 2 saturated heterocycles. The predicted octanol–water partition coefficient (Wildman–Crippen LogP) is 2.56. The maximum atomic E-state index is 13.4. The van der Waals surface area contributed by atoms with E-state index in [1.54, 1.807) is 12.0 Å². The van der Waals surface area contributed by atoms with Crippen molar-refractivity contribution in [2.45, 2.75) is 12.5 Å². The number of benzene rings is 2. The lowest BCUT2D eigenvalue weighted by atomic mass is 9.99. The van der Waals surface area contributed by atoms with Gasteiger partial charge in [0.05, 0.1) is 19.1 Å². The molecule has 152 valence electrons. The van der Waals surface area contributed by atoms with Crippen molar-refractivity contribution in [3.05, 3.63) is 60.2 Å². The lowest BCUT2D eigenvalue weighted by Crippen LogP contribution is -2.51. The van der Waals surface area contributed by atoms with Crippen molar-refractivity contribution in [3.63, 3.8) is 0 Å². The van der Waals surface area contributed by atoms with Gasteiger partial charge < -0.3 is 19.4 Å². The molecule has 6 nitrogen and oxygen atoms in total. The van der Waals surface area contributed by atoms with Crippen LogP contribution in [0.25, 0.3) is 0 Å². The van der Waals surface area contributed by atoms with Crippen LogP contribution in [0.1, 0.15) is 18.0 Å². The van der Waals surface area contributed by atoms with Gasteiger partial charge in [-0.2, -0.15) is 0 Å². The highest BCUT2D eigenvalue weighted by Gasteiger charge is 2.40. The lowest BCUT2D eigenvalue weighted by molar-refractivity contribution is -0.140. The molecule has 2 aromatic rings. The van der Waals surface area contributed by atoms with Crippen LogP contribution in [0.4, 0.5) is 5.69 Å². The Balaban J connectivity index is 1.51. The maximum Gasteiger partial charge on any atom is 0.228 e. The molecule has 2 fully saturated rings. The molecule has 2 aliphatic rings. The van der Waals surface area contributed by atoms with Crippen molar-refractivity contribution in [2.24, 2.45) is 5.92 Å². The van der Waals surface area contributed by atoms with Gasteiger partial charge in [0.2, 0.25) is 11.8 Å². The van der Waals surface area contributed by atoms with Crippen molar-refractivity contribution in [1.29, 1.82) is 0 Å². The molecule has 0 saturated carbocycles. The topological polar surface area (TPSA) is 53.1 Å². The highest BCUT2D eigenvalue weighted by atomic mass is 16.5. The van der Waals surface area contributed by atoms with Crippen LogP contribution in [0.15, 0.2) is 54.6 Å². The van der Waals surface area contributed by atoms with Gasteiger partial charge in [0.25, 0.3) is 0 Å². The smallest absolute Gasteiger partial charge is 0.228 e. The summed E-state index contributed by atoms with van der Waals surface area (Å²) < 4.78 is 5.19. The number of amides is 2. The zero-order chi connectivity index (χ0) is 20.4. The first-order chi connectivity index (χ1) is 14.1. The first-order valence-electron chi connectivity index (χ1n) is 10.0. The van der Waals surface area contributed by atoms with Gasteiger partial charge in [0, 0.05) is 38.3 Å². The normalized spacial score (nSPS) is 22.8. The summed E-state index contributed by atoms with van der Waals surface area (Å²) in [5.41, 5.74) is 1.95. The number of anilines is 1. The van der Waals surface area contributed by atoms with Crippen LogP contribution >= 0.6 is 0 Å². The molecule has 2 heterocycles. The third kappa shape index (κ3) is 3.98. The zero-order valence-corrected chi connectivity index (χ0v) is 17.0. The van der Waals surface area contributed by atoms with Crippen molar-refractivity contribution in [1.82, 2.24) is 9.80 Å². The summed E-state index contributed by atoms with van der Waals surface area (Å²) >= 11 is 0. The fourth-order valence-corrected chi connectivity index (χ4v) is 4.26. The van der Waals surface area contributed by atoms with E-state index in [0.717, 1.165) is 30.1 Å². The van der Waals surface area contributed by atoms with E-state index in [1.807, 2.05) is 47.4 Å². The van der Waals surface area contributed by atoms with E-state index >= 15 is 0 Å². The van der Waals surface area contributed by atoms with Crippen molar-refractivity contribution in [3.8, 4) is 5.75 Å². The minimum Gasteiger partial charge on any atom is -0.497 e. The number of hydrogen-bond donors (Lipinski definition) is 0. The molecule has 4 rings (SSSR count). The molecule has 2 aliphatic heterocycles. The Morgan fingerprint density at radius 3 is 2.41 bits per heavy atom. The molecule has 0 unspecified atom stereocenters. The number of carbonyl (C=O) groups excluding carboxylic acids is 2. The van der Waals surface area contributed by atoms with Gasteiger partial charge in [-0.25, -0.2) is 0 Å². The molecule has 0 N–H and O–H groups in total. The molecule has 0 aliphatic carbocycles. The Morgan fingerprint density at radius 2 is 1.72 bits per heavy atom. The van der Waals surface area contributed by atoms with E-state index in [0.29, 0.717) is 13.1 Å². The number of methoxy groups -OCH3 is 1. The van der Waals surface area contributed by atoms with E-state index in [9.17, 15) is 9.59 Å². The molecule has 29 heavy (non-hydrogen) atoms. The number of piperazine rings is 1. The van der Waals surface area contributed by atoms with Gasteiger partial charge in [-0.05, 0) is 36.9 Å². The molecule has 0 bridgehead atoms. The largest absolute Gasteiger partial charge is 0.497 e. The van der Waals surface area contributed by atoms with Crippen LogP contribution in [0.3, 0.4) is 0 Å². The van der Waals surface area contributed by atoms with Crippen LogP contribution in [-0.4, -0.2) is 62.0 Å². The first-order valence-corrected chi connectivity index (χ1v) is 10.0. The number of carbonyl (C=O) groups is 2. The summed E-state index contributed by atoms with van der Waals surface area (Å²) in [6.45, 7) is 2.76. The van der Waals surface area contributed by atoms with Crippen molar-refractivity contribution < 1.29 is 14.3 Å². The third-order valence-corrected chi connectivity index (χ3v) is 5.91. The van der Waals surface area contributed by atoms with Crippen LogP contribution < -0.4 is 9.64 Å². The SMILES string of the molecule is COc1ccc(N2C[C@H](C(=O)N3CCN(C)C[C@H]3c3ccccc3)CC2=O)cc1. The van der Waals surface area contributed by atoms with Crippen LogP contribution in [0.5, 0.6) is 5.75 Å². The van der Waals surface area contributed by atoms with E-state index < -0.39 is 0 Å². The molecule has 6 heteroatoms. The van der Waals surface area contributed by atoms with Crippen LogP contribution in [0, 0.1) is 5.92 Å². The van der Waals surface area contributed by atoms with E-state index in [2.05, 4.69) is 24.1 Å². The zero-order valence-electron chi connectivity index (χ0n) is 17.0. The quantitative estimate of drug-likeness (QED) is 0.801. The number of rotatable bonds is 4. The average molecular weight is 393 g/mol. The Labute approximate surface area is 171 Å². The summed E-state index contributed by atoms with van der Waals surface area (Å²) in [7, 11) is 3.70. The third-order valence-electron chi connectivity index (χ3n) is 5.91. The predicted molar refractivity (Wildman–Crippen MR) is 112 cm³/mol. The van der Waals surface area contributed by atoms with Gasteiger partial charge in [-0.3, -0.25) is 9.59 Å². The Kier molecular flexibility index (Phi) is 5.53. The van der Waals surface area contributed by atoms with Crippen molar-refractivity contribution >= 4 is 17.5 Å². The number of hydrogen-bond acceptors (Lipinski definition) is 4. The number of nitrogens with zero attached hydrogens (tertiary/aromatic N) is 3. The monoisotopic (exact) mass is 393 g/mol. The van der Waals surface area contributed by atoms with Gasteiger partial charge >= 0.3 is 0 Å². The molecule has 0 radical (unpaired) electrons. The van der Waals surface area contributed by atoms with Gasteiger partial charge in [-0.15, -0.1) is 0 Å². The Morgan fingerprint density at radius 1 is 1.00 bits per heavy atom. The maximum absolute atomic E-state index is 13.4. The van der Waals surface area contributed by atoms with Gasteiger partial charge in [-0.1, -0.05) is 30.3 Å². The molecule has 2 atom stereocenters. The van der Waals surface area contributed by atoms with E-state index in [-0.39, 0.29) is 30.2 Å². The van der Waals surface area contributed by atoms with E-state index in [1.165, 1.54) is 0 Å². The fraction of sp³-hybridized carbons (Fsp3) is 0.391. The highest BCUT2D eigenvalue weighted by Crippen LogP contribution is 2.31. The Hall–Kier alpha value is -2.86. The second-order valence-corrected chi connectivity index (χ2v) is 7.82. The van der Waals surface area contributed by atoms with E-state index in [4.69, 9.17) is 4.74 Å². The molecule has 2 aromatic carbocycles. The summed E-state index contributed by atoms with van der Waals surface area (Å²) in [6, 6.07) is 17.6. The average Bonchev–Trinajstić information content (AvgIpc) is 3.15. The van der Waals surface area contributed by atoms with Gasteiger partial charge in [0.1, 0.15) is 5.75 Å².